The molecular weight excluding hydrogens is 258 g/mol. The van der Waals surface area contributed by atoms with Crippen molar-refractivity contribution in [1.82, 2.24) is 9.55 Å². The SMILES string of the molecule is CCC(C)(CC)n1c(CCl)nc2ccc(C#N)cc21. The lowest BCUT2D eigenvalue weighted by Crippen LogP contribution is -2.29. The average molecular weight is 276 g/mol. The lowest BCUT2D eigenvalue weighted by Gasteiger charge is -2.31. The number of fused-ring (bicyclic) bond motifs is 1. The molecule has 0 aliphatic heterocycles. The highest BCUT2D eigenvalue weighted by molar-refractivity contribution is 6.16. The van der Waals surface area contributed by atoms with Gasteiger partial charge in [0.25, 0.3) is 0 Å². The highest BCUT2D eigenvalue weighted by Crippen LogP contribution is 2.32. The monoisotopic (exact) mass is 275 g/mol. The van der Waals surface area contributed by atoms with Crippen LogP contribution in [0.2, 0.25) is 0 Å². The number of benzene rings is 1. The molecule has 0 amide bonds. The lowest BCUT2D eigenvalue weighted by atomic mass is 9.94. The van der Waals surface area contributed by atoms with Gasteiger partial charge in [-0.15, -0.1) is 11.6 Å². The molecule has 0 aliphatic carbocycles. The van der Waals surface area contributed by atoms with Gasteiger partial charge in [-0.3, -0.25) is 0 Å². The van der Waals surface area contributed by atoms with Crippen LogP contribution in [0.4, 0.5) is 0 Å². The van der Waals surface area contributed by atoms with Gasteiger partial charge in [-0.2, -0.15) is 5.26 Å². The summed E-state index contributed by atoms with van der Waals surface area (Å²) in [6.45, 7) is 6.55. The molecule has 3 nitrogen and oxygen atoms in total. The van der Waals surface area contributed by atoms with Gasteiger partial charge >= 0.3 is 0 Å². The summed E-state index contributed by atoms with van der Waals surface area (Å²) in [5.41, 5.74) is 2.54. The summed E-state index contributed by atoms with van der Waals surface area (Å²) >= 11 is 6.05. The fourth-order valence-electron chi connectivity index (χ4n) is 2.45. The van der Waals surface area contributed by atoms with Gasteiger partial charge in [0.15, 0.2) is 0 Å². The van der Waals surface area contributed by atoms with Crippen molar-refractivity contribution in [2.75, 3.05) is 0 Å². The normalized spacial score (nSPS) is 11.7. The van der Waals surface area contributed by atoms with E-state index in [1.54, 1.807) is 6.07 Å². The molecule has 2 aromatic rings. The second kappa shape index (κ2) is 5.22. The second-order valence-electron chi connectivity index (χ2n) is 5.02. The number of halogens is 1. The Hall–Kier alpha value is -1.53. The molecule has 1 aromatic carbocycles. The van der Waals surface area contributed by atoms with Crippen molar-refractivity contribution in [1.29, 1.82) is 5.26 Å². The molecule has 0 saturated carbocycles. The van der Waals surface area contributed by atoms with E-state index in [0.717, 1.165) is 29.7 Å². The van der Waals surface area contributed by atoms with E-state index in [-0.39, 0.29) is 5.54 Å². The number of hydrogen-bond donors (Lipinski definition) is 0. The Bertz CT molecular complexity index is 633. The fraction of sp³-hybridized carbons (Fsp3) is 0.467. The number of alkyl halides is 1. The smallest absolute Gasteiger partial charge is 0.125 e. The first kappa shape index (κ1) is 13.9. The molecule has 0 spiro atoms. The Labute approximate surface area is 118 Å². The van der Waals surface area contributed by atoms with E-state index in [4.69, 9.17) is 16.9 Å². The van der Waals surface area contributed by atoms with E-state index in [1.165, 1.54) is 0 Å². The van der Waals surface area contributed by atoms with Crippen LogP contribution in [0.25, 0.3) is 11.0 Å². The van der Waals surface area contributed by atoms with Crippen molar-refractivity contribution in [3.05, 3.63) is 29.6 Å². The topological polar surface area (TPSA) is 41.6 Å². The minimum absolute atomic E-state index is 0.0208. The Morgan fingerprint density at radius 2 is 2.05 bits per heavy atom. The Morgan fingerprint density at radius 3 is 2.58 bits per heavy atom. The molecular formula is C15H18ClN3. The van der Waals surface area contributed by atoms with Crippen LogP contribution in [-0.4, -0.2) is 9.55 Å². The summed E-state index contributed by atoms with van der Waals surface area (Å²) in [5.74, 6) is 1.25. The van der Waals surface area contributed by atoms with E-state index >= 15 is 0 Å². The molecule has 4 heteroatoms. The standard InChI is InChI=1S/C15H18ClN3/c1-4-15(3,5-2)19-13-8-11(10-17)6-7-12(13)18-14(19)9-16/h6-8H,4-5,9H2,1-3H3. The number of nitriles is 1. The van der Waals surface area contributed by atoms with Crippen LogP contribution in [0.1, 0.15) is 45.0 Å². The van der Waals surface area contributed by atoms with Crippen molar-refractivity contribution >= 4 is 22.6 Å². The van der Waals surface area contributed by atoms with Crippen LogP contribution < -0.4 is 0 Å². The van der Waals surface area contributed by atoms with Gasteiger partial charge in [0.1, 0.15) is 5.82 Å². The molecule has 0 saturated heterocycles. The first-order valence-corrected chi connectivity index (χ1v) is 7.11. The summed E-state index contributed by atoms with van der Waals surface area (Å²) in [6, 6.07) is 7.79. The van der Waals surface area contributed by atoms with E-state index in [0.29, 0.717) is 11.4 Å². The summed E-state index contributed by atoms with van der Waals surface area (Å²) in [7, 11) is 0. The van der Waals surface area contributed by atoms with Gasteiger partial charge in [0.05, 0.1) is 28.5 Å². The molecule has 1 heterocycles. The third kappa shape index (κ3) is 2.21. The Balaban J connectivity index is 2.79. The largest absolute Gasteiger partial charge is 0.321 e. The fourth-order valence-corrected chi connectivity index (χ4v) is 2.63. The predicted molar refractivity (Wildman–Crippen MR) is 78.2 cm³/mol. The van der Waals surface area contributed by atoms with E-state index in [1.807, 2.05) is 12.1 Å². The molecule has 2 rings (SSSR count). The zero-order valence-corrected chi connectivity index (χ0v) is 12.3. The number of aromatic nitrogens is 2. The molecule has 0 atom stereocenters. The number of imidazole rings is 1. The lowest BCUT2D eigenvalue weighted by molar-refractivity contribution is 0.296. The maximum Gasteiger partial charge on any atom is 0.125 e. The maximum absolute atomic E-state index is 9.06. The summed E-state index contributed by atoms with van der Waals surface area (Å²) in [4.78, 5) is 4.59. The highest BCUT2D eigenvalue weighted by atomic mass is 35.5. The minimum atomic E-state index is -0.0208. The third-order valence-electron chi connectivity index (χ3n) is 4.04. The molecule has 0 radical (unpaired) electrons. The van der Waals surface area contributed by atoms with Crippen molar-refractivity contribution in [3.63, 3.8) is 0 Å². The van der Waals surface area contributed by atoms with Gasteiger partial charge in [0, 0.05) is 5.54 Å². The minimum Gasteiger partial charge on any atom is -0.321 e. The zero-order valence-electron chi connectivity index (χ0n) is 11.6. The first-order valence-electron chi connectivity index (χ1n) is 6.57. The highest BCUT2D eigenvalue weighted by Gasteiger charge is 2.27. The number of hydrogen-bond acceptors (Lipinski definition) is 2. The zero-order chi connectivity index (χ0) is 14.0. The summed E-state index contributed by atoms with van der Waals surface area (Å²) in [6.07, 6.45) is 1.99. The second-order valence-corrected chi connectivity index (χ2v) is 5.28. The van der Waals surface area contributed by atoms with Crippen molar-refractivity contribution in [2.24, 2.45) is 0 Å². The molecule has 1 aromatic heterocycles. The molecule has 0 aliphatic rings. The van der Waals surface area contributed by atoms with Gasteiger partial charge in [-0.05, 0) is 38.0 Å². The van der Waals surface area contributed by atoms with Crippen molar-refractivity contribution in [2.45, 2.75) is 45.0 Å². The summed E-state index contributed by atoms with van der Waals surface area (Å²) < 4.78 is 2.20. The molecule has 0 unspecified atom stereocenters. The Kier molecular flexibility index (Phi) is 3.82. The van der Waals surface area contributed by atoms with Gasteiger partial charge in [0.2, 0.25) is 0 Å². The molecule has 19 heavy (non-hydrogen) atoms. The quantitative estimate of drug-likeness (QED) is 0.786. The third-order valence-corrected chi connectivity index (χ3v) is 4.27. The van der Waals surface area contributed by atoms with Gasteiger partial charge < -0.3 is 4.57 Å². The van der Waals surface area contributed by atoms with Crippen LogP contribution >= 0.6 is 11.6 Å². The van der Waals surface area contributed by atoms with Crippen molar-refractivity contribution < 1.29 is 0 Å². The average Bonchev–Trinajstić information content (AvgIpc) is 2.84. The maximum atomic E-state index is 9.06. The van der Waals surface area contributed by atoms with Crippen LogP contribution in [0, 0.1) is 11.3 Å². The Morgan fingerprint density at radius 1 is 1.37 bits per heavy atom. The van der Waals surface area contributed by atoms with E-state index in [9.17, 15) is 0 Å². The van der Waals surface area contributed by atoms with Crippen LogP contribution in [0.15, 0.2) is 18.2 Å². The molecule has 0 fully saturated rings. The van der Waals surface area contributed by atoms with Crippen molar-refractivity contribution in [3.8, 4) is 6.07 Å². The van der Waals surface area contributed by atoms with Gasteiger partial charge in [-0.1, -0.05) is 13.8 Å². The molecule has 100 valence electrons. The predicted octanol–water partition coefficient (Wildman–Crippen LogP) is 4.18. The van der Waals surface area contributed by atoms with E-state index in [2.05, 4.69) is 36.4 Å². The van der Waals surface area contributed by atoms with Crippen LogP contribution in [-0.2, 0) is 11.4 Å². The van der Waals surface area contributed by atoms with Crippen LogP contribution in [0.5, 0.6) is 0 Å². The number of nitrogens with zero attached hydrogens (tertiary/aromatic N) is 3. The number of rotatable bonds is 4. The first-order chi connectivity index (χ1) is 9.09. The van der Waals surface area contributed by atoms with Crippen LogP contribution in [0.3, 0.4) is 0 Å². The molecule has 0 N–H and O–H groups in total. The van der Waals surface area contributed by atoms with Gasteiger partial charge in [-0.25, -0.2) is 4.98 Å². The summed E-state index contributed by atoms with van der Waals surface area (Å²) in [5, 5.41) is 9.06. The molecule has 0 bridgehead atoms. The van der Waals surface area contributed by atoms with E-state index < -0.39 is 0 Å².